The summed E-state index contributed by atoms with van der Waals surface area (Å²) in [5.41, 5.74) is 7.47. The first-order valence-electron chi connectivity index (χ1n) is 5.32. The second-order valence-corrected chi connectivity index (χ2v) is 3.74. The van der Waals surface area contributed by atoms with E-state index < -0.39 is 0 Å². The molecule has 0 saturated carbocycles. The van der Waals surface area contributed by atoms with Crippen LogP contribution in [0.15, 0.2) is 18.3 Å². The molecule has 0 aliphatic rings. The maximum Gasteiger partial charge on any atom is 0.135 e. The van der Waals surface area contributed by atoms with Crippen molar-refractivity contribution in [1.29, 1.82) is 0 Å². The van der Waals surface area contributed by atoms with Gasteiger partial charge in [0.05, 0.1) is 25.5 Å². The van der Waals surface area contributed by atoms with Crippen molar-refractivity contribution in [3.8, 4) is 16.9 Å². The van der Waals surface area contributed by atoms with Crippen molar-refractivity contribution in [2.24, 2.45) is 0 Å². The van der Waals surface area contributed by atoms with Crippen LogP contribution < -0.4 is 10.5 Å². The summed E-state index contributed by atoms with van der Waals surface area (Å²) in [4.78, 5) is 0. The molecule has 1 heterocycles. The van der Waals surface area contributed by atoms with E-state index in [1.54, 1.807) is 12.3 Å². The number of hydrogen-bond acceptors (Lipinski definition) is 4. The fourth-order valence-corrected chi connectivity index (χ4v) is 1.84. The first-order chi connectivity index (χ1) is 8.69. The summed E-state index contributed by atoms with van der Waals surface area (Å²) < 4.78 is 24.0. The van der Waals surface area contributed by atoms with Crippen LogP contribution in [-0.4, -0.2) is 24.4 Å². The van der Waals surface area contributed by atoms with Crippen LogP contribution in [0.25, 0.3) is 11.1 Å². The van der Waals surface area contributed by atoms with E-state index in [2.05, 4.69) is 10.2 Å². The van der Waals surface area contributed by atoms with Gasteiger partial charge in [-0.05, 0) is 12.1 Å². The van der Waals surface area contributed by atoms with E-state index in [9.17, 15) is 4.39 Å². The zero-order valence-corrected chi connectivity index (χ0v) is 10.2. The Labute approximate surface area is 104 Å². The van der Waals surface area contributed by atoms with Crippen molar-refractivity contribution in [3.63, 3.8) is 0 Å². The summed E-state index contributed by atoms with van der Waals surface area (Å²) in [5.74, 6) is 0.438. The van der Waals surface area contributed by atoms with Crippen LogP contribution in [0.5, 0.6) is 5.75 Å². The molecule has 6 heteroatoms. The SMILES string of the molecule is COCc1c(F)ccc(-c2cn[nH]c2N)c1OC. The first kappa shape index (κ1) is 12.4. The average Bonchev–Trinajstić information content (AvgIpc) is 2.78. The molecule has 0 amide bonds. The molecule has 5 nitrogen and oxygen atoms in total. The zero-order valence-electron chi connectivity index (χ0n) is 10.2. The van der Waals surface area contributed by atoms with Gasteiger partial charge in [0.2, 0.25) is 0 Å². The van der Waals surface area contributed by atoms with Gasteiger partial charge in [-0.1, -0.05) is 0 Å². The van der Waals surface area contributed by atoms with Gasteiger partial charge < -0.3 is 15.2 Å². The van der Waals surface area contributed by atoms with Gasteiger partial charge in [0.25, 0.3) is 0 Å². The lowest BCUT2D eigenvalue weighted by atomic mass is 10.0. The summed E-state index contributed by atoms with van der Waals surface area (Å²) >= 11 is 0. The molecule has 18 heavy (non-hydrogen) atoms. The third-order valence-electron chi connectivity index (χ3n) is 2.66. The standard InChI is InChI=1S/C12H14FN3O2/c1-17-6-9-10(13)4-3-7(11(9)18-2)8-5-15-16-12(8)14/h3-5H,6H2,1-2H3,(H3,14,15,16). The van der Waals surface area contributed by atoms with Crippen LogP contribution in [0.1, 0.15) is 5.56 Å². The molecule has 0 saturated heterocycles. The number of nitrogens with zero attached hydrogens (tertiary/aromatic N) is 1. The topological polar surface area (TPSA) is 73.2 Å². The van der Waals surface area contributed by atoms with Crippen LogP contribution in [0, 0.1) is 5.82 Å². The van der Waals surface area contributed by atoms with Crippen molar-refractivity contribution < 1.29 is 13.9 Å². The predicted octanol–water partition coefficient (Wildman–Crippen LogP) is 1.95. The number of hydrogen-bond donors (Lipinski definition) is 2. The van der Waals surface area contributed by atoms with E-state index in [0.29, 0.717) is 28.3 Å². The van der Waals surface area contributed by atoms with Crippen LogP contribution >= 0.6 is 0 Å². The molecule has 1 aromatic carbocycles. The smallest absolute Gasteiger partial charge is 0.135 e. The second-order valence-electron chi connectivity index (χ2n) is 3.74. The highest BCUT2D eigenvalue weighted by Crippen LogP contribution is 2.36. The number of methoxy groups -OCH3 is 2. The van der Waals surface area contributed by atoms with Gasteiger partial charge in [-0.15, -0.1) is 0 Å². The van der Waals surface area contributed by atoms with Crippen molar-refractivity contribution >= 4 is 5.82 Å². The minimum Gasteiger partial charge on any atom is -0.496 e. The Hall–Kier alpha value is -2.08. The minimum absolute atomic E-state index is 0.126. The summed E-state index contributed by atoms with van der Waals surface area (Å²) in [7, 11) is 2.98. The number of ether oxygens (including phenoxy) is 2. The largest absolute Gasteiger partial charge is 0.496 e. The number of nitrogens with two attached hydrogens (primary N) is 1. The Morgan fingerprint density at radius 1 is 1.33 bits per heavy atom. The summed E-state index contributed by atoms with van der Waals surface area (Å²) in [6.07, 6.45) is 1.57. The van der Waals surface area contributed by atoms with Gasteiger partial charge in [-0.25, -0.2) is 4.39 Å². The molecule has 0 aliphatic heterocycles. The molecule has 0 fully saturated rings. The Bertz CT molecular complexity index is 554. The molecule has 0 radical (unpaired) electrons. The number of nitrogens with one attached hydrogen (secondary N) is 1. The van der Waals surface area contributed by atoms with Crippen LogP contribution in [0.3, 0.4) is 0 Å². The summed E-state index contributed by atoms with van der Waals surface area (Å²) in [5, 5.41) is 6.47. The number of rotatable bonds is 4. The molecule has 0 spiro atoms. The second kappa shape index (κ2) is 5.05. The highest BCUT2D eigenvalue weighted by atomic mass is 19.1. The summed E-state index contributed by atoms with van der Waals surface area (Å²) in [6, 6.07) is 2.97. The average molecular weight is 251 g/mol. The molecule has 3 N–H and O–H groups in total. The number of aromatic nitrogens is 2. The molecule has 2 rings (SSSR count). The van der Waals surface area contributed by atoms with Gasteiger partial charge in [-0.2, -0.15) is 5.10 Å². The van der Waals surface area contributed by atoms with E-state index in [1.165, 1.54) is 20.3 Å². The zero-order chi connectivity index (χ0) is 13.1. The molecular formula is C12H14FN3O2. The molecule has 0 bridgehead atoms. The van der Waals surface area contributed by atoms with Crippen molar-refractivity contribution in [3.05, 3.63) is 29.7 Å². The van der Waals surface area contributed by atoms with E-state index in [1.807, 2.05) is 0 Å². The number of benzene rings is 1. The lowest BCUT2D eigenvalue weighted by Crippen LogP contribution is -2.00. The Kier molecular flexibility index (Phi) is 3.47. The molecule has 0 atom stereocenters. The van der Waals surface area contributed by atoms with Gasteiger partial charge in [-0.3, -0.25) is 5.10 Å². The monoisotopic (exact) mass is 251 g/mol. The maximum atomic E-state index is 13.7. The third kappa shape index (κ3) is 2.02. The van der Waals surface area contributed by atoms with E-state index in [-0.39, 0.29) is 12.4 Å². The van der Waals surface area contributed by atoms with Crippen molar-refractivity contribution in [2.45, 2.75) is 6.61 Å². The lowest BCUT2D eigenvalue weighted by molar-refractivity contribution is 0.178. The lowest BCUT2D eigenvalue weighted by Gasteiger charge is -2.13. The highest BCUT2D eigenvalue weighted by molar-refractivity contribution is 5.79. The highest BCUT2D eigenvalue weighted by Gasteiger charge is 2.17. The number of nitrogen functional groups attached to an aromatic ring is 1. The van der Waals surface area contributed by atoms with Gasteiger partial charge in [0.1, 0.15) is 17.4 Å². The quantitative estimate of drug-likeness (QED) is 0.871. The molecule has 0 unspecified atom stereocenters. The molecule has 1 aromatic heterocycles. The van der Waals surface area contributed by atoms with Crippen LogP contribution in [0.4, 0.5) is 10.2 Å². The Morgan fingerprint density at radius 2 is 2.11 bits per heavy atom. The van der Waals surface area contributed by atoms with E-state index in [0.717, 1.165) is 0 Å². The number of H-pyrrole nitrogens is 1. The maximum absolute atomic E-state index is 13.7. The van der Waals surface area contributed by atoms with E-state index >= 15 is 0 Å². The fourth-order valence-electron chi connectivity index (χ4n) is 1.84. The first-order valence-corrected chi connectivity index (χ1v) is 5.32. The van der Waals surface area contributed by atoms with Crippen molar-refractivity contribution in [1.82, 2.24) is 10.2 Å². The Morgan fingerprint density at radius 3 is 2.67 bits per heavy atom. The molecule has 2 aromatic rings. The fraction of sp³-hybridized carbons (Fsp3) is 0.250. The van der Waals surface area contributed by atoms with Crippen molar-refractivity contribution in [2.75, 3.05) is 20.0 Å². The third-order valence-corrected chi connectivity index (χ3v) is 2.66. The van der Waals surface area contributed by atoms with Gasteiger partial charge >= 0.3 is 0 Å². The molecule has 96 valence electrons. The van der Waals surface area contributed by atoms with Crippen LogP contribution in [0.2, 0.25) is 0 Å². The number of halogens is 1. The summed E-state index contributed by atoms with van der Waals surface area (Å²) in [6.45, 7) is 0.126. The van der Waals surface area contributed by atoms with Crippen LogP contribution in [-0.2, 0) is 11.3 Å². The molecule has 0 aliphatic carbocycles. The Balaban J connectivity index is 2.61. The number of aromatic amines is 1. The van der Waals surface area contributed by atoms with Gasteiger partial charge in [0.15, 0.2) is 0 Å². The number of anilines is 1. The molecular weight excluding hydrogens is 237 g/mol. The van der Waals surface area contributed by atoms with Gasteiger partial charge in [0, 0.05) is 18.2 Å². The predicted molar refractivity (Wildman–Crippen MR) is 65.7 cm³/mol. The normalized spacial score (nSPS) is 10.6. The minimum atomic E-state index is -0.375. The van der Waals surface area contributed by atoms with E-state index in [4.69, 9.17) is 15.2 Å².